The standard InChI is InChI=1S/C9H19N3O/c1-7-3-4-12(2)6-9(11,5-7)8(10)13/h7H,3-6,11H2,1-2H3,(H2,10,13). The number of carbonyl (C=O) groups excluding carboxylic acids is 1. The van der Waals surface area contributed by atoms with E-state index in [0.29, 0.717) is 18.9 Å². The molecule has 0 radical (unpaired) electrons. The Balaban J connectivity index is 2.76. The minimum absolute atomic E-state index is 0.381. The molecular weight excluding hydrogens is 166 g/mol. The fourth-order valence-electron chi connectivity index (χ4n) is 1.97. The average Bonchev–Trinajstić information content (AvgIpc) is 2.11. The molecule has 0 bridgehead atoms. The van der Waals surface area contributed by atoms with Gasteiger partial charge in [-0.05, 0) is 32.4 Å². The highest BCUT2D eigenvalue weighted by atomic mass is 16.1. The predicted octanol–water partition coefficient (Wildman–Crippen LogP) is -0.469. The second kappa shape index (κ2) is 3.64. The van der Waals surface area contributed by atoms with Crippen molar-refractivity contribution < 1.29 is 4.79 Å². The topological polar surface area (TPSA) is 72.3 Å². The van der Waals surface area contributed by atoms with E-state index in [-0.39, 0.29) is 5.91 Å². The van der Waals surface area contributed by atoms with Crippen LogP contribution in [0.25, 0.3) is 0 Å². The molecular formula is C9H19N3O. The van der Waals surface area contributed by atoms with Crippen LogP contribution >= 0.6 is 0 Å². The van der Waals surface area contributed by atoms with E-state index >= 15 is 0 Å². The third-order valence-electron chi connectivity index (χ3n) is 2.76. The molecule has 1 saturated heterocycles. The molecule has 0 aromatic carbocycles. The van der Waals surface area contributed by atoms with Crippen LogP contribution < -0.4 is 11.5 Å². The zero-order valence-corrected chi connectivity index (χ0v) is 8.42. The third kappa shape index (κ3) is 2.42. The Morgan fingerprint density at radius 3 is 2.77 bits per heavy atom. The van der Waals surface area contributed by atoms with Crippen LogP contribution in [0, 0.1) is 5.92 Å². The number of amides is 1. The normalized spacial score (nSPS) is 37.0. The zero-order chi connectivity index (χ0) is 10.1. The summed E-state index contributed by atoms with van der Waals surface area (Å²) in [4.78, 5) is 13.3. The number of nitrogens with zero attached hydrogens (tertiary/aromatic N) is 1. The summed E-state index contributed by atoms with van der Waals surface area (Å²) in [5, 5.41) is 0. The van der Waals surface area contributed by atoms with Crippen molar-refractivity contribution in [2.75, 3.05) is 20.1 Å². The molecule has 76 valence electrons. The van der Waals surface area contributed by atoms with E-state index in [9.17, 15) is 4.79 Å². The Morgan fingerprint density at radius 1 is 1.62 bits per heavy atom. The highest BCUT2D eigenvalue weighted by molar-refractivity contribution is 5.84. The van der Waals surface area contributed by atoms with Crippen LogP contribution in [0.3, 0.4) is 0 Å². The van der Waals surface area contributed by atoms with E-state index in [2.05, 4.69) is 11.8 Å². The van der Waals surface area contributed by atoms with Gasteiger partial charge in [0.05, 0.1) is 0 Å². The molecule has 1 amide bonds. The van der Waals surface area contributed by atoms with Crippen LogP contribution in [0.1, 0.15) is 19.8 Å². The summed E-state index contributed by atoms with van der Waals surface area (Å²) in [6.07, 6.45) is 1.79. The lowest BCUT2D eigenvalue weighted by molar-refractivity contribution is -0.124. The molecule has 1 aliphatic rings. The number of hydrogen-bond donors (Lipinski definition) is 2. The monoisotopic (exact) mass is 185 g/mol. The van der Waals surface area contributed by atoms with Crippen LogP contribution in [0.5, 0.6) is 0 Å². The Bertz CT molecular complexity index is 193. The van der Waals surface area contributed by atoms with Crippen LogP contribution in [-0.2, 0) is 4.79 Å². The molecule has 1 fully saturated rings. The van der Waals surface area contributed by atoms with Crippen molar-refractivity contribution in [3.8, 4) is 0 Å². The van der Waals surface area contributed by atoms with Crippen molar-refractivity contribution in [3.05, 3.63) is 0 Å². The molecule has 1 rings (SSSR count). The van der Waals surface area contributed by atoms with E-state index in [4.69, 9.17) is 11.5 Å². The number of carbonyl (C=O) groups is 1. The van der Waals surface area contributed by atoms with Gasteiger partial charge in [-0.3, -0.25) is 4.79 Å². The fraction of sp³-hybridized carbons (Fsp3) is 0.889. The fourth-order valence-corrected chi connectivity index (χ4v) is 1.97. The maximum Gasteiger partial charge on any atom is 0.238 e. The molecule has 0 spiro atoms. The van der Waals surface area contributed by atoms with Gasteiger partial charge in [0.2, 0.25) is 5.91 Å². The van der Waals surface area contributed by atoms with Crippen molar-refractivity contribution in [2.45, 2.75) is 25.3 Å². The number of likely N-dealkylation sites (tertiary alicyclic amines) is 1. The SMILES string of the molecule is CC1CCN(C)CC(N)(C(N)=O)C1. The number of likely N-dealkylation sites (N-methyl/N-ethyl adjacent to an activating group) is 1. The third-order valence-corrected chi connectivity index (χ3v) is 2.76. The lowest BCUT2D eigenvalue weighted by Crippen LogP contribution is -2.58. The quantitative estimate of drug-likeness (QED) is 0.580. The van der Waals surface area contributed by atoms with E-state index in [1.807, 2.05) is 7.05 Å². The molecule has 0 aromatic heterocycles. The molecule has 1 aliphatic heterocycles. The second-order valence-electron chi connectivity index (χ2n) is 4.36. The van der Waals surface area contributed by atoms with Gasteiger partial charge >= 0.3 is 0 Å². The van der Waals surface area contributed by atoms with Gasteiger partial charge in [-0.15, -0.1) is 0 Å². The lowest BCUT2D eigenvalue weighted by atomic mass is 9.88. The molecule has 2 atom stereocenters. The highest BCUT2D eigenvalue weighted by Crippen LogP contribution is 2.22. The summed E-state index contributed by atoms with van der Waals surface area (Å²) in [5.41, 5.74) is 10.4. The van der Waals surface area contributed by atoms with E-state index in [1.54, 1.807) is 0 Å². The van der Waals surface area contributed by atoms with Gasteiger partial charge in [0, 0.05) is 6.54 Å². The minimum Gasteiger partial charge on any atom is -0.368 e. The summed E-state index contributed by atoms with van der Waals surface area (Å²) in [7, 11) is 1.97. The first kappa shape index (κ1) is 10.5. The van der Waals surface area contributed by atoms with Crippen molar-refractivity contribution in [3.63, 3.8) is 0 Å². The molecule has 0 aliphatic carbocycles. The largest absolute Gasteiger partial charge is 0.368 e. The molecule has 13 heavy (non-hydrogen) atoms. The number of primary amides is 1. The zero-order valence-electron chi connectivity index (χ0n) is 8.42. The minimum atomic E-state index is -0.829. The first-order valence-corrected chi connectivity index (χ1v) is 4.71. The molecule has 0 saturated carbocycles. The maximum absolute atomic E-state index is 11.2. The molecule has 0 aromatic rings. The van der Waals surface area contributed by atoms with E-state index in [0.717, 1.165) is 13.0 Å². The highest BCUT2D eigenvalue weighted by Gasteiger charge is 2.36. The smallest absolute Gasteiger partial charge is 0.238 e. The maximum atomic E-state index is 11.2. The van der Waals surface area contributed by atoms with Gasteiger partial charge in [-0.1, -0.05) is 6.92 Å². The van der Waals surface area contributed by atoms with Gasteiger partial charge in [-0.25, -0.2) is 0 Å². The van der Waals surface area contributed by atoms with Crippen molar-refractivity contribution in [1.82, 2.24) is 4.90 Å². The first-order valence-electron chi connectivity index (χ1n) is 4.71. The lowest BCUT2D eigenvalue weighted by Gasteiger charge is -2.28. The molecule has 1 heterocycles. The Labute approximate surface area is 79.3 Å². The van der Waals surface area contributed by atoms with Gasteiger partial charge in [0.1, 0.15) is 5.54 Å². The summed E-state index contributed by atoms with van der Waals surface area (Å²) >= 11 is 0. The number of rotatable bonds is 1. The van der Waals surface area contributed by atoms with Crippen molar-refractivity contribution >= 4 is 5.91 Å². The predicted molar refractivity (Wildman–Crippen MR) is 52.0 cm³/mol. The second-order valence-corrected chi connectivity index (χ2v) is 4.36. The molecule has 4 N–H and O–H groups in total. The van der Waals surface area contributed by atoms with Crippen LogP contribution in [0.4, 0.5) is 0 Å². The van der Waals surface area contributed by atoms with Crippen molar-refractivity contribution in [2.24, 2.45) is 17.4 Å². The summed E-state index contributed by atoms with van der Waals surface area (Å²) in [6.45, 7) is 3.68. The molecule has 4 nitrogen and oxygen atoms in total. The summed E-state index contributed by atoms with van der Waals surface area (Å²) in [5.74, 6) is 0.0931. The van der Waals surface area contributed by atoms with Crippen LogP contribution in [-0.4, -0.2) is 36.5 Å². The molecule has 2 unspecified atom stereocenters. The van der Waals surface area contributed by atoms with Gasteiger partial charge < -0.3 is 16.4 Å². The van der Waals surface area contributed by atoms with Gasteiger partial charge in [0.15, 0.2) is 0 Å². The number of hydrogen-bond acceptors (Lipinski definition) is 3. The Kier molecular flexibility index (Phi) is 2.93. The average molecular weight is 185 g/mol. The van der Waals surface area contributed by atoms with Gasteiger partial charge in [0.25, 0.3) is 0 Å². The van der Waals surface area contributed by atoms with Crippen LogP contribution in [0.15, 0.2) is 0 Å². The summed E-state index contributed by atoms with van der Waals surface area (Å²) < 4.78 is 0. The first-order chi connectivity index (χ1) is 5.94. The van der Waals surface area contributed by atoms with Crippen LogP contribution in [0.2, 0.25) is 0 Å². The summed E-state index contributed by atoms with van der Waals surface area (Å²) in [6, 6.07) is 0. The molecule has 4 heteroatoms. The van der Waals surface area contributed by atoms with E-state index in [1.165, 1.54) is 0 Å². The Morgan fingerprint density at radius 2 is 2.23 bits per heavy atom. The number of nitrogens with two attached hydrogens (primary N) is 2. The van der Waals surface area contributed by atoms with Gasteiger partial charge in [-0.2, -0.15) is 0 Å². The van der Waals surface area contributed by atoms with Crippen molar-refractivity contribution in [1.29, 1.82) is 0 Å². The Hall–Kier alpha value is -0.610. The van der Waals surface area contributed by atoms with E-state index < -0.39 is 5.54 Å².